The van der Waals surface area contributed by atoms with E-state index >= 15 is 0 Å². The number of carbonyl (C=O) groups is 1. The van der Waals surface area contributed by atoms with Gasteiger partial charge in [0.15, 0.2) is 0 Å². The summed E-state index contributed by atoms with van der Waals surface area (Å²) in [6.45, 7) is 6.87. The Morgan fingerprint density at radius 3 is 2.79 bits per heavy atom. The van der Waals surface area contributed by atoms with E-state index in [0.29, 0.717) is 26.5 Å². The summed E-state index contributed by atoms with van der Waals surface area (Å²) in [7, 11) is 0. The van der Waals surface area contributed by atoms with Gasteiger partial charge in [-0.15, -0.1) is 11.3 Å². The maximum absolute atomic E-state index is 12.4. The van der Waals surface area contributed by atoms with Crippen LogP contribution in [0.15, 0.2) is 24.3 Å². The number of nitriles is 1. The molecule has 0 aliphatic heterocycles. The lowest BCUT2D eigenvalue weighted by Gasteiger charge is -2.36. The molecule has 1 heterocycles. The van der Waals surface area contributed by atoms with Gasteiger partial charge in [-0.1, -0.05) is 56.5 Å². The molecular weight excluding hydrogens is 423 g/mol. The first-order valence-corrected chi connectivity index (χ1v) is 11.3. The van der Waals surface area contributed by atoms with Gasteiger partial charge in [0.05, 0.1) is 15.6 Å². The Bertz CT molecular complexity index is 1000. The van der Waals surface area contributed by atoms with Crippen molar-refractivity contribution in [3.8, 4) is 6.07 Å². The lowest BCUT2D eigenvalue weighted by Crippen LogP contribution is -2.28. The molecule has 0 fully saturated rings. The topological polar surface area (TPSA) is 52.9 Å². The van der Waals surface area contributed by atoms with Crippen LogP contribution >= 0.6 is 34.5 Å². The lowest BCUT2D eigenvalue weighted by molar-refractivity contribution is -0.111. The largest absolute Gasteiger partial charge is 0.313 e. The summed E-state index contributed by atoms with van der Waals surface area (Å²) in [5.41, 5.74) is 2.80. The second-order valence-electron chi connectivity index (χ2n) is 8.10. The van der Waals surface area contributed by atoms with Gasteiger partial charge in [-0.3, -0.25) is 4.79 Å². The molecule has 0 bridgehead atoms. The Morgan fingerprint density at radius 2 is 2.14 bits per heavy atom. The van der Waals surface area contributed by atoms with E-state index in [1.807, 2.05) is 0 Å². The predicted molar refractivity (Wildman–Crippen MR) is 123 cm³/mol. The molecule has 1 amide bonds. The zero-order valence-electron chi connectivity index (χ0n) is 16.8. The van der Waals surface area contributed by atoms with Crippen LogP contribution in [-0.4, -0.2) is 5.91 Å². The van der Waals surface area contributed by atoms with Gasteiger partial charge in [-0.05, 0) is 59.9 Å². The third kappa shape index (κ3) is 4.86. The van der Waals surface area contributed by atoms with Crippen LogP contribution in [-0.2, 0) is 17.6 Å². The van der Waals surface area contributed by atoms with E-state index in [1.54, 1.807) is 35.6 Å². The van der Waals surface area contributed by atoms with Crippen LogP contribution in [0.2, 0.25) is 10.0 Å². The maximum atomic E-state index is 12.4. The van der Waals surface area contributed by atoms with E-state index in [-0.39, 0.29) is 11.3 Å². The summed E-state index contributed by atoms with van der Waals surface area (Å²) in [5.74, 6) is 0.333. The average Bonchev–Trinajstić information content (AvgIpc) is 3.04. The van der Waals surface area contributed by atoms with Crippen molar-refractivity contribution >= 4 is 51.5 Å². The number of fused-ring (bicyclic) bond motifs is 1. The molecule has 1 unspecified atom stereocenters. The molecule has 152 valence electrons. The molecule has 1 aromatic heterocycles. The second kappa shape index (κ2) is 8.92. The van der Waals surface area contributed by atoms with Crippen molar-refractivity contribution in [3.63, 3.8) is 0 Å². The SMILES string of the molecule is CCC(C)(C)C1CCc2c(sc(NC(=O)C=Cc3ccc(Cl)c(Cl)c3)c2C#N)C1. The highest BCUT2D eigenvalue weighted by atomic mass is 35.5. The number of thiophene rings is 1. The van der Waals surface area contributed by atoms with E-state index in [2.05, 4.69) is 32.2 Å². The summed E-state index contributed by atoms with van der Waals surface area (Å²) in [6, 6.07) is 7.49. The minimum absolute atomic E-state index is 0.267. The van der Waals surface area contributed by atoms with Gasteiger partial charge in [0, 0.05) is 11.0 Å². The second-order valence-corrected chi connectivity index (χ2v) is 10.0. The predicted octanol–water partition coefficient (Wildman–Crippen LogP) is 7.12. The van der Waals surface area contributed by atoms with Crippen LogP contribution in [0, 0.1) is 22.7 Å². The molecule has 6 heteroatoms. The molecule has 1 atom stereocenters. The van der Waals surface area contributed by atoms with Crippen molar-refractivity contribution in [2.75, 3.05) is 5.32 Å². The highest BCUT2D eigenvalue weighted by Crippen LogP contribution is 2.45. The van der Waals surface area contributed by atoms with Crippen molar-refractivity contribution in [1.82, 2.24) is 0 Å². The van der Waals surface area contributed by atoms with Crippen molar-refractivity contribution in [3.05, 3.63) is 55.9 Å². The van der Waals surface area contributed by atoms with Crippen LogP contribution in [0.4, 0.5) is 5.00 Å². The van der Waals surface area contributed by atoms with E-state index in [1.165, 1.54) is 11.0 Å². The van der Waals surface area contributed by atoms with Gasteiger partial charge < -0.3 is 5.32 Å². The molecule has 3 rings (SSSR count). The molecule has 3 nitrogen and oxygen atoms in total. The molecule has 29 heavy (non-hydrogen) atoms. The van der Waals surface area contributed by atoms with Crippen LogP contribution in [0.3, 0.4) is 0 Å². The molecule has 1 aliphatic carbocycles. The fraction of sp³-hybridized carbons (Fsp3) is 0.391. The van der Waals surface area contributed by atoms with Gasteiger partial charge in [-0.2, -0.15) is 5.26 Å². The van der Waals surface area contributed by atoms with E-state index < -0.39 is 0 Å². The summed E-state index contributed by atoms with van der Waals surface area (Å²) in [6.07, 6.45) is 7.22. The minimum Gasteiger partial charge on any atom is -0.313 e. The normalized spacial score (nSPS) is 16.5. The summed E-state index contributed by atoms with van der Waals surface area (Å²) in [5, 5.41) is 14.1. The molecule has 1 aromatic carbocycles. The van der Waals surface area contributed by atoms with E-state index in [9.17, 15) is 10.1 Å². The molecule has 1 aliphatic rings. The number of hydrogen-bond donors (Lipinski definition) is 1. The quantitative estimate of drug-likeness (QED) is 0.496. The first kappa shape index (κ1) is 21.9. The molecule has 0 saturated heterocycles. The Hall–Kier alpha value is -1.80. The number of carbonyl (C=O) groups excluding carboxylic acids is 1. The van der Waals surface area contributed by atoms with Crippen molar-refractivity contribution in [2.24, 2.45) is 11.3 Å². The van der Waals surface area contributed by atoms with Crippen LogP contribution < -0.4 is 5.32 Å². The number of benzene rings is 1. The Labute approximate surface area is 186 Å². The zero-order valence-corrected chi connectivity index (χ0v) is 19.1. The first-order valence-electron chi connectivity index (χ1n) is 9.74. The number of amides is 1. The Kier molecular flexibility index (Phi) is 6.73. The third-order valence-electron chi connectivity index (χ3n) is 6.00. The highest BCUT2D eigenvalue weighted by Gasteiger charge is 2.33. The fourth-order valence-electron chi connectivity index (χ4n) is 3.69. The molecular formula is C23H24Cl2N2OS. The highest BCUT2D eigenvalue weighted by molar-refractivity contribution is 7.16. The monoisotopic (exact) mass is 446 g/mol. The Morgan fingerprint density at radius 1 is 1.38 bits per heavy atom. The van der Waals surface area contributed by atoms with Gasteiger partial charge in [0.2, 0.25) is 5.91 Å². The molecule has 1 N–H and O–H groups in total. The molecule has 0 radical (unpaired) electrons. The van der Waals surface area contributed by atoms with Crippen LogP contribution in [0.1, 0.15) is 55.2 Å². The summed E-state index contributed by atoms with van der Waals surface area (Å²) >= 11 is 13.5. The zero-order chi connectivity index (χ0) is 21.2. The van der Waals surface area contributed by atoms with Gasteiger partial charge >= 0.3 is 0 Å². The lowest BCUT2D eigenvalue weighted by atomic mass is 9.69. The average molecular weight is 447 g/mol. The van der Waals surface area contributed by atoms with E-state index in [0.717, 1.165) is 36.8 Å². The molecule has 0 saturated carbocycles. The number of halogens is 2. The van der Waals surface area contributed by atoms with Gasteiger partial charge in [0.1, 0.15) is 11.1 Å². The molecule has 0 spiro atoms. The number of rotatable bonds is 5. The van der Waals surface area contributed by atoms with E-state index in [4.69, 9.17) is 23.2 Å². The van der Waals surface area contributed by atoms with Crippen molar-refractivity contribution in [2.45, 2.75) is 46.5 Å². The van der Waals surface area contributed by atoms with Gasteiger partial charge in [-0.25, -0.2) is 0 Å². The number of anilines is 1. The van der Waals surface area contributed by atoms with Crippen LogP contribution in [0.25, 0.3) is 6.08 Å². The van der Waals surface area contributed by atoms with Crippen molar-refractivity contribution in [1.29, 1.82) is 5.26 Å². The number of nitrogens with zero attached hydrogens (tertiary/aromatic N) is 1. The third-order valence-corrected chi connectivity index (χ3v) is 7.91. The first-order chi connectivity index (χ1) is 13.7. The summed E-state index contributed by atoms with van der Waals surface area (Å²) in [4.78, 5) is 13.7. The Balaban J connectivity index is 1.76. The van der Waals surface area contributed by atoms with Crippen LogP contribution in [0.5, 0.6) is 0 Å². The smallest absolute Gasteiger partial charge is 0.249 e. The number of nitrogens with one attached hydrogen (secondary N) is 1. The maximum Gasteiger partial charge on any atom is 0.249 e. The standard InChI is InChI=1S/C23H24Cl2N2OS/c1-4-23(2,3)15-7-8-16-17(13-26)22(29-20(16)12-15)27-21(28)10-6-14-5-9-18(24)19(25)11-14/h5-6,9-11,15H,4,7-8,12H2,1-3H3,(H,27,28). The van der Waals surface area contributed by atoms with Crippen molar-refractivity contribution < 1.29 is 4.79 Å². The van der Waals surface area contributed by atoms with Gasteiger partial charge in [0.25, 0.3) is 0 Å². The number of hydrogen-bond acceptors (Lipinski definition) is 3. The minimum atomic E-state index is -0.267. The summed E-state index contributed by atoms with van der Waals surface area (Å²) < 4.78 is 0. The fourth-order valence-corrected chi connectivity index (χ4v) is 5.28. The molecule has 2 aromatic rings.